The third-order valence-corrected chi connectivity index (χ3v) is 5.71. The summed E-state index contributed by atoms with van der Waals surface area (Å²) in [6.07, 6.45) is 0. The predicted molar refractivity (Wildman–Crippen MR) is 105 cm³/mol. The molecule has 0 saturated carbocycles. The number of likely N-dealkylation sites (tertiary alicyclic amines) is 1. The monoisotopic (exact) mass is 461 g/mol. The quantitative estimate of drug-likeness (QED) is 0.342. The lowest BCUT2D eigenvalue weighted by Crippen LogP contribution is -2.28. The van der Waals surface area contributed by atoms with Crippen LogP contribution in [-0.2, 0) is 16.1 Å². The number of aliphatic hydroxyl groups excluding tert-OH is 1. The van der Waals surface area contributed by atoms with Crippen molar-refractivity contribution in [1.29, 1.82) is 0 Å². The van der Waals surface area contributed by atoms with E-state index in [-0.39, 0.29) is 23.4 Å². The fourth-order valence-electron chi connectivity index (χ4n) is 3.15. The number of rotatable bonds is 4. The molecule has 1 N–H and O–H groups in total. The topological polar surface area (TPSA) is 70.8 Å². The van der Waals surface area contributed by atoms with Crippen LogP contribution < -0.4 is 0 Å². The van der Waals surface area contributed by atoms with Crippen molar-refractivity contribution < 1.29 is 23.5 Å². The van der Waals surface area contributed by atoms with Gasteiger partial charge in [-0.15, -0.1) is 11.3 Å². The number of aliphatic hydroxyl groups is 1. The largest absolute Gasteiger partial charge is 0.507 e. The van der Waals surface area contributed by atoms with Crippen LogP contribution in [0.15, 0.2) is 68.6 Å². The second-order valence-electron chi connectivity index (χ2n) is 6.16. The van der Waals surface area contributed by atoms with Crippen molar-refractivity contribution in [3.63, 3.8) is 0 Å². The van der Waals surface area contributed by atoms with Gasteiger partial charge in [0.1, 0.15) is 23.4 Å². The maximum absolute atomic E-state index is 13.2. The smallest absolute Gasteiger partial charge is 0.296 e. The molecule has 3 aromatic rings. The Morgan fingerprint density at radius 2 is 1.93 bits per heavy atom. The van der Waals surface area contributed by atoms with E-state index in [0.29, 0.717) is 10.4 Å². The summed E-state index contributed by atoms with van der Waals surface area (Å²) in [5, 5.41) is 12.7. The number of ketones is 1. The van der Waals surface area contributed by atoms with Gasteiger partial charge < -0.3 is 14.4 Å². The molecule has 1 fully saturated rings. The predicted octanol–water partition coefficient (Wildman–Crippen LogP) is 4.86. The van der Waals surface area contributed by atoms with Gasteiger partial charge in [-0.1, -0.05) is 6.07 Å². The fraction of sp³-hybridized carbons (Fsp3) is 0.100. The average Bonchev–Trinajstić information content (AvgIpc) is 3.39. The third-order valence-electron chi connectivity index (χ3n) is 4.43. The first-order valence-corrected chi connectivity index (χ1v) is 9.95. The van der Waals surface area contributed by atoms with Crippen LogP contribution in [-0.4, -0.2) is 21.7 Å². The minimum absolute atomic E-state index is 0.0879. The summed E-state index contributed by atoms with van der Waals surface area (Å²) in [5.41, 5.74) is 0.154. The van der Waals surface area contributed by atoms with Gasteiger partial charge in [0.25, 0.3) is 11.7 Å². The van der Waals surface area contributed by atoms with Gasteiger partial charge in [-0.25, -0.2) is 4.39 Å². The molecule has 0 radical (unpaired) electrons. The molecule has 1 unspecified atom stereocenters. The maximum atomic E-state index is 13.2. The number of hydrogen-bond acceptors (Lipinski definition) is 5. The summed E-state index contributed by atoms with van der Waals surface area (Å²) in [4.78, 5) is 27.8. The van der Waals surface area contributed by atoms with Crippen molar-refractivity contribution in [2.75, 3.05) is 0 Å². The number of hydrogen-bond donors (Lipinski definition) is 1. The highest BCUT2D eigenvalue weighted by atomic mass is 79.9. The molecule has 1 aromatic carbocycles. The van der Waals surface area contributed by atoms with Crippen molar-refractivity contribution in [1.82, 2.24) is 4.90 Å². The van der Waals surface area contributed by atoms with E-state index in [2.05, 4.69) is 15.9 Å². The number of thiophene rings is 1. The molecule has 2 aromatic heterocycles. The van der Waals surface area contributed by atoms with E-state index in [4.69, 9.17) is 4.42 Å². The van der Waals surface area contributed by atoms with Crippen molar-refractivity contribution in [3.8, 4) is 0 Å². The van der Waals surface area contributed by atoms with Crippen LogP contribution in [0, 0.1) is 5.82 Å². The number of amides is 1. The molecule has 5 nitrogen and oxygen atoms in total. The number of halogens is 2. The van der Waals surface area contributed by atoms with Gasteiger partial charge in [0.05, 0.1) is 12.1 Å². The summed E-state index contributed by atoms with van der Waals surface area (Å²) in [6, 6.07) is 11.2. The summed E-state index contributed by atoms with van der Waals surface area (Å²) in [6.45, 7) is 0.200. The second-order valence-corrected chi connectivity index (χ2v) is 7.97. The fourth-order valence-corrected chi connectivity index (χ4v) is 4.17. The van der Waals surface area contributed by atoms with Crippen LogP contribution in [0.3, 0.4) is 0 Å². The highest BCUT2D eigenvalue weighted by molar-refractivity contribution is 9.10. The molecule has 1 saturated heterocycles. The molecule has 0 bridgehead atoms. The molecular weight excluding hydrogens is 449 g/mol. The van der Waals surface area contributed by atoms with Crippen molar-refractivity contribution in [2.24, 2.45) is 0 Å². The first kappa shape index (κ1) is 18.6. The first-order chi connectivity index (χ1) is 13.5. The summed E-state index contributed by atoms with van der Waals surface area (Å²) < 4.78 is 19.3. The van der Waals surface area contributed by atoms with E-state index in [1.807, 2.05) is 17.5 Å². The molecule has 8 heteroatoms. The minimum atomic E-state index is -0.890. The van der Waals surface area contributed by atoms with E-state index in [0.717, 1.165) is 4.88 Å². The molecule has 4 rings (SSSR count). The van der Waals surface area contributed by atoms with Crippen LogP contribution in [0.2, 0.25) is 0 Å². The molecule has 3 heterocycles. The summed E-state index contributed by atoms with van der Waals surface area (Å²) in [5.74, 6) is -2.04. The van der Waals surface area contributed by atoms with E-state index in [1.54, 1.807) is 12.1 Å². The van der Waals surface area contributed by atoms with Gasteiger partial charge in [-0.2, -0.15) is 0 Å². The van der Waals surface area contributed by atoms with E-state index < -0.39 is 23.5 Å². The van der Waals surface area contributed by atoms with Gasteiger partial charge in [0, 0.05) is 10.4 Å². The lowest BCUT2D eigenvalue weighted by Gasteiger charge is -2.22. The number of nitrogens with zero attached hydrogens (tertiary/aromatic N) is 1. The molecule has 0 spiro atoms. The summed E-state index contributed by atoms with van der Waals surface area (Å²) >= 11 is 4.68. The van der Waals surface area contributed by atoms with Crippen LogP contribution in [0.4, 0.5) is 4.39 Å². The molecule has 1 aliphatic heterocycles. The highest BCUT2D eigenvalue weighted by Crippen LogP contribution is 2.41. The zero-order valence-electron chi connectivity index (χ0n) is 14.3. The Kier molecular flexibility index (Phi) is 4.91. The first-order valence-electron chi connectivity index (χ1n) is 8.27. The Hall–Kier alpha value is -2.71. The van der Waals surface area contributed by atoms with E-state index in [9.17, 15) is 19.1 Å². The standard InChI is InChI=1S/C20H13BrFNO4S/c21-15-8-7-14(27-15)17-16(18(24)11-3-5-12(22)6-4-11)19(25)20(26)23(17)10-13-2-1-9-28-13/h1-9,17,24H,10H2/b18-16+. The lowest BCUT2D eigenvalue weighted by molar-refractivity contribution is -0.140. The number of carbonyl (C=O) groups excluding carboxylic acids is 2. The number of furan rings is 1. The van der Waals surface area contributed by atoms with Crippen LogP contribution >= 0.6 is 27.3 Å². The third kappa shape index (κ3) is 3.29. The molecule has 1 amide bonds. The van der Waals surface area contributed by atoms with E-state index in [1.165, 1.54) is 40.5 Å². The van der Waals surface area contributed by atoms with Gasteiger partial charge >= 0.3 is 0 Å². The van der Waals surface area contributed by atoms with Crippen molar-refractivity contribution >= 4 is 44.7 Å². The SMILES string of the molecule is O=C1C(=O)N(Cc2cccs2)C(c2ccc(Br)o2)/C1=C(\O)c1ccc(F)cc1. The zero-order chi connectivity index (χ0) is 19.8. The number of Topliss-reactive ketones (excluding diaryl/α,β-unsaturated/α-hetero) is 1. The normalized spacial score (nSPS) is 18.8. The highest BCUT2D eigenvalue weighted by Gasteiger charge is 2.47. The Labute approximate surface area is 171 Å². The van der Waals surface area contributed by atoms with Crippen LogP contribution in [0.5, 0.6) is 0 Å². The average molecular weight is 462 g/mol. The van der Waals surface area contributed by atoms with Crippen LogP contribution in [0.1, 0.15) is 22.2 Å². The Morgan fingerprint density at radius 1 is 1.18 bits per heavy atom. The number of carbonyl (C=O) groups is 2. The molecule has 28 heavy (non-hydrogen) atoms. The number of benzene rings is 1. The van der Waals surface area contributed by atoms with E-state index >= 15 is 0 Å². The zero-order valence-corrected chi connectivity index (χ0v) is 16.7. The maximum Gasteiger partial charge on any atom is 0.296 e. The Balaban J connectivity index is 1.85. The second kappa shape index (κ2) is 7.37. The summed E-state index contributed by atoms with van der Waals surface area (Å²) in [7, 11) is 0. The Morgan fingerprint density at radius 3 is 2.54 bits per heavy atom. The lowest BCUT2D eigenvalue weighted by atomic mass is 9.99. The van der Waals surface area contributed by atoms with Crippen molar-refractivity contribution in [3.05, 3.63) is 86.2 Å². The van der Waals surface area contributed by atoms with Gasteiger partial charge in [-0.3, -0.25) is 9.59 Å². The Bertz CT molecular complexity index is 1070. The molecular formula is C20H13BrFNO4S. The van der Waals surface area contributed by atoms with Gasteiger partial charge in [-0.05, 0) is 63.8 Å². The molecule has 1 aliphatic rings. The van der Waals surface area contributed by atoms with Gasteiger partial charge in [0.2, 0.25) is 0 Å². The van der Waals surface area contributed by atoms with Crippen LogP contribution in [0.25, 0.3) is 5.76 Å². The molecule has 1 atom stereocenters. The van der Waals surface area contributed by atoms with Crippen molar-refractivity contribution in [2.45, 2.75) is 12.6 Å². The minimum Gasteiger partial charge on any atom is -0.507 e. The molecule has 0 aliphatic carbocycles. The van der Waals surface area contributed by atoms with Gasteiger partial charge in [0.15, 0.2) is 4.67 Å². The molecule has 142 valence electrons.